The molecule has 0 spiro atoms. The summed E-state index contributed by atoms with van der Waals surface area (Å²) >= 11 is 0. The summed E-state index contributed by atoms with van der Waals surface area (Å²) in [6.07, 6.45) is 5.03. The van der Waals surface area contributed by atoms with Crippen LogP contribution in [0.4, 0.5) is 0 Å². The zero-order valence-corrected chi connectivity index (χ0v) is 6.11. The van der Waals surface area contributed by atoms with Crippen LogP contribution in [0.1, 0.15) is 32.6 Å². The number of allylic oxidation sites excluding steroid dienone is 1. The first-order chi connectivity index (χ1) is 4.18. The molecule has 0 bridgehead atoms. The van der Waals surface area contributed by atoms with Gasteiger partial charge in [0.05, 0.1) is 0 Å². The Hall–Kier alpha value is -0.460. The van der Waals surface area contributed by atoms with Crippen molar-refractivity contribution in [3.63, 3.8) is 0 Å². The van der Waals surface area contributed by atoms with Crippen LogP contribution in [0.25, 0.3) is 0 Å². The van der Waals surface area contributed by atoms with Gasteiger partial charge >= 0.3 is 0 Å². The molecule has 0 heterocycles. The van der Waals surface area contributed by atoms with Crippen molar-refractivity contribution in [3.05, 3.63) is 12.3 Å². The quantitative estimate of drug-likeness (QED) is 0.613. The Morgan fingerprint density at radius 2 is 2.22 bits per heavy atom. The van der Waals surface area contributed by atoms with Crippen molar-refractivity contribution in [2.24, 2.45) is 11.1 Å². The topological polar surface area (TPSA) is 26.0 Å². The van der Waals surface area contributed by atoms with Gasteiger partial charge in [0.1, 0.15) is 0 Å². The summed E-state index contributed by atoms with van der Waals surface area (Å²) in [5.41, 5.74) is 6.94. The fourth-order valence-electron chi connectivity index (χ4n) is 1.31. The van der Waals surface area contributed by atoms with Crippen molar-refractivity contribution < 1.29 is 0 Å². The largest absolute Gasteiger partial charge is 0.402 e. The Bertz CT molecular complexity index is 123. The van der Waals surface area contributed by atoms with Crippen LogP contribution >= 0.6 is 0 Å². The normalized spacial score (nSPS) is 21.4. The van der Waals surface area contributed by atoms with Crippen molar-refractivity contribution in [1.29, 1.82) is 0 Å². The summed E-state index contributed by atoms with van der Waals surface area (Å²) in [5.74, 6) is 0. The molecule has 0 unspecified atom stereocenters. The van der Waals surface area contributed by atoms with E-state index >= 15 is 0 Å². The van der Waals surface area contributed by atoms with E-state index in [4.69, 9.17) is 5.73 Å². The van der Waals surface area contributed by atoms with Gasteiger partial charge < -0.3 is 5.73 Å². The monoisotopic (exact) mass is 125 g/mol. The second kappa shape index (κ2) is 2.05. The lowest BCUT2D eigenvalue weighted by Gasteiger charge is -2.10. The lowest BCUT2D eigenvalue weighted by atomic mass is 9.98. The van der Waals surface area contributed by atoms with E-state index in [-0.39, 0.29) is 0 Å². The van der Waals surface area contributed by atoms with E-state index in [1.807, 2.05) is 0 Å². The SMILES string of the molecule is C=C(N)CC1(CC)CC1. The van der Waals surface area contributed by atoms with Crippen LogP contribution in [-0.4, -0.2) is 0 Å². The average Bonchev–Trinajstić information content (AvgIpc) is 2.48. The smallest absolute Gasteiger partial charge is 0.00130 e. The Morgan fingerprint density at radius 1 is 1.67 bits per heavy atom. The first-order valence-electron chi connectivity index (χ1n) is 3.62. The lowest BCUT2D eigenvalue weighted by Crippen LogP contribution is -2.04. The van der Waals surface area contributed by atoms with Crippen molar-refractivity contribution >= 4 is 0 Å². The van der Waals surface area contributed by atoms with Crippen LogP contribution in [0.15, 0.2) is 12.3 Å². The molecule has 1 heteroatoms. The summed E-state index contributed by atoms with van der Waals surface area (Å²) in [6.45, 7) is 5.94. The first kappa shape index (κ1) is 6.66. The van der Waals surface area contributed by atoms with Gasteiger partial charge in [0.2, 0.25) is 0 Å². The molecule has 0 radical (unpaired) electrons. The number of nitrogens with two attached hydrogens (primary N) is 1. The Balaban J connectivity index is 2.33. The molecule has 0 amide bonds. The van der Waals surface area contributed by atoms with Crippen molar-refractivity contribution in [2.45, 2.75) is 32.6 Å². The standard InChI is InChI=1S/C8H15N/c1-3-8(4-5-8)6-7(2)9/h2-6,9H2,1H3. The molecule has 1 nitrogen and oxygen atoms in total. The van der Waals surface area contributed by atoms with E-state index in [0.29, 0.717) is 5.41 Å². The number of hydrogen-bond acceptors (Lipinski definition) is 1. The molecule has 9 heavy (non-hydrogen) atoms. The highest BCUT2D eigenvalue weighted by Gasteiger charge is 2.40. The predicted molar refractivity (Wildman–Crippen MR) is 39.9 cm³/mol. The van der Waals surface area contributed by atoms with Gasteiger partial charge in [-0.15, -0.1) is 0 Å². The minimum atomic E-state index is 0.589. The first-order valence-corrected chi connectivity index (χ1v) is 3.62. The Kier molecular flexibility index (Phi) is 1.52. The minimum Gasteiger partial charge on any atom is -0.402 e. The van der Waals surface area contributed by atoms with Gasteiger partial charge in [0.15, 0.2) is 0 Å². The Morgan fingerprint density at radius 3 is 2.33 bits per heavy atom. The van der Waals surface area contributed by atoms with Crippen LogP contribution in [0.2, 0.25) is 0 Å². The molecular weight excluding hydrogens is 110 g/mol. The maximum atomic E-state index is 5.50. The molecule has 0 aromatic carbocycles. The second-order valence-electron chi connectivity index (χ2n) is 3.19. The van der Waals surface area contributed by atoms with Gasteiger partial charge in [0.25, 0.3) is 0 Å². The zero-order chi connectivity index (χ0) is 6.91. The lowest BCUT2D eigenvalue weighted by molar-refractivity contribution is 0.485. The van der Waals surface area contributed by atoms with Crippen LogP contribution < -0.4 is 5.73 Å². The molecule has 1 aliphatic carbocycles. The minimum absolute atomic E-state index is 0.589. The van der Waals surface area contributed by atoms with E-state index < -0.39 is 0 Å². The second-order valence-corrected chi connectivity index (χ2v) is 3.19. The molecule has 0 aromatic heterocycles. The molecule has 1 aliphatic rings. The zero-order valence-electron chi connectivity index (χ0n) is 6.11. The molecular formula is C8H15N. The number of rotatable bonds is 3. The third-order valence-electron chi connectivity index (χ3n) is 2.31. The maximum Gasteiger partial charge on any atom is 0.00130 e. The number of hydrogen-bond donors (Lipinski definition) is 1. The fourth-order valence-corrected chi connectivity index (χ4v) is 1.31. The van der Waals surface area contributed by atoms with Crippen LogP contribution in [0.3, 0.4) is 0 Å². The van der Waals surface area contributed by atoms with Gasteiger partial charge in [-0.3, -0.25) is 0 Å². The van der Waals surface area contributed by atoms with E-state index in [2.05, 4.69) is 13.5 Å². The molecule has 0 atom stereocenters. The molecule has 1 rings (SSSR count). The molecule has 2 N–H and O–H groups in total. The van der Waals surface area contributed by atoms with Gasteiger partial charge in [-0.25, -0.2) is 0 Å². The Labute approximate surface area is 56.9 Å². The summed E-state index contributed by atoms with van der Waals surface area (Å²) in [7, 11) is 0. The van der Waals surface area contributed by atoms with E-state index in [0.717, 1.165) is 12.1 Å². The third kappa shape index (κ3) is 1.47. The van der Waals surface area contributed by atoms with Crippen LogP contribution in [0, 0.1) is 5.41 Å². The maximum absolute atomic E-state index is 5.50. The fraction of sp³-hybridized carbons (Fsp3) is 0.750. The molecule has 1 saturated carbocycles. The highest BCUT2D eigenvalue weighted by molar-refractivity contribution is 5.02. The molecule has 52 valence electrons. The van der Waals surface area contributed by atoms with Crippen molar-refractivity contribution in [1.82, 2.24) is 0 Å². The third-order valence-corrected chi connectivity index (χ3v) is 2.31. The summed E-state index contributed by atoms with van der Waals surface area (Å²) in [5, 5.41) is 0. The van der Waals surface area contributed by atoms with Gasteiger partial charge in [0, 0.05) is 5.70 Å². The summed E-state index contributed by atoms with van der Waals surface area (Å²) in [6, 6.07) is 0. The van der Waals surface area contributed by atoms with E-state index in [9.17, 15) is 0 Å². The predicted octanol–water partition coefficient (Wildman–Crippen LogP) is 2.04. The van der Waals surface area contributed by atoms with E-state index in [1.54, 1.807) is 0 Å². The van der Waals surface area contributed by atoms with Crippen molar-refractivity contribution in [2.75, 3.05) is 0 Å². The van der Waals surface area contributed by atoms with Crippen molar-refractivity contribution in [3.8, 4) is 0 Å². The van der Waals surface area contributed by atoms with E-state index in [1.165, 1.54) is 19.3 Å². The highest BCUT2D eigenvalue weighted by atomic mass is 14.6. The van der Waals surface area contributed by atoms with Crippen LogP contribution in [-0.2, 0) is 0 Å². The highest BCUT2D eigenvalue weighted by Crippen LogP contribution is 2.52. The molecule has 0 aromatic rings. The summed E-state index contributed by atoms with van der Waals surface area (Å²) in [4.78, 5) is 0. The van der Waals surface area contributed by atoms with Gasteiger partial charge in [-0.1, -0.05) is 19.9 Å². The van der Waals surface area contributed by atoms with Crippen LogP contribution in [0.5, 0.6) is 0 Å². The average molecular weight is 125 g/mol. The van der Waals surface area contributed by atoms with Gasteiger partial charge in [-0.05, 0) is 24.7 Å². The molecule has 0 saturated heterocycles. The molecule has 1 fully saturated rings. The molecule has 0 aliphatic heterocycles. The summed E-state index contributed by atoms with van der Waals surface area (Å²) < 4.78 is 0. The van der Waals surface area contributed by atoms with Gasteiger partial charge in [-0.2, -0.15) is 0 Å².